The van der Waals surface area contributed by atoms with Crippen molar-refractivity contribution < 1.29 is 14.9 Å². The maximum atomic E-state index is 10.3. The van der Waals surface area contributed by atoms with Gasteiger partial charge in [0, 0.05) is 24.7 Å². The molecule has 2 fully saturated rings. The van der Waals surface area contributed by atoms with Gasteiger partial charge in [-0.3, -0.25) is 0 Å². The molecule has 0 amide bonds. The first-order valence-electron chi connectivity index (χ1n) is 7.68. The average Bonchev–Trinajstić information content (AvgIpc) is 3.42. The minimum atomic E-state index is -0.926. The number of nitrogen functional groups attached to an aromatic ring is 2. The van der Waals surface area contributed by atoms with Crippen LogP contribution in [0.5, 0.6) is 11.8 Å². The quantitative estimate of drug-likeness (QED) is 0.676. The van der Waals surface area contributed by atoms with E-state index in [0.717, 1.165) is 0 Å². The molecule has 2 aromatic heterocycles. The molecule has 0 spiro atoms. The lowest BCUT2D eigenvalue weighted by molar-refractivity contribution is 0.146. The molecule has 6 N–H and O–H groups in total. The lowest BCUT2D eigenvalue weighted by Crippen LogP contribution is -2.11. The number of hydrogen-bond donors (Lipinski definition) is 4. The third kappa shape index (κ3) is 2.24. The van der Waals surface area contributed by atoms with Gasteiger partial charge < -0.3 is 31.0 Å². The molecule has 2 aromatic rings. The Bertz CT molecular complexity index is 791. The summed E-state index contributed by atoms with van der Waals surface area (Å²) in [6, 6.07) is 5.07. The van der Waals surface area contributed by atoms with Gasteiger partial charge in [-0.15, -0.1) is 0 Å². The van der Waals surface area contributed by atoms with Gasteiger partial charge in [-0.05, 0) is 31.7 Å². The lowest BCUT2D eigenvalue weighted by atomic mass is 10.1. The highest BCUT2D eigenvalue weighted by atomic mass is 16.5. The van der Waals surface area contributed by atoms with E-state index in [2.05, 4.69) is 4.98 Å². The summed E-state index contributed by atoms with van der Waals surface area (Å²) >= 11 is 0. The maximum absolute atomic E-state index is 10.3. The summed E-state index contributed by atoms with van der Waals surface area (Å²) in [4.78, 5) is 4.35. The summed E-state index contributed by atoms with van der Waals surface area (Å²) < 4.78 is 7.48. The van der Waals surface area contributed by atoms with E-state index >= 15 is 0 Å². The third-order valence-corrected chi connectivity index (χ3v) is 4.74. The van der Waals surface area contributed by atoms with Crippen LogP contribution in [0.3, 0.4) is 0 Å². The molecule has 2 heterocycles. The number of pyridine rings is 1. The Morgan fingerprint density at radius 1 is 1.13 bits per heavy atom. The number of nitrogens with two attached hydrogens (primary N) is 2. The van der Waals surface area contributed by atoms with Crippen LogP contribution in [0.1, 0.15) is 36.9 Å². The van der Waals surface area contributed by atoms with Crippen molar-refractivity contribution in [3.05, 3.63) is 29.5 Å². The standard InChI is InChI=1S/C16H20N4O3/c1-20-12(8-9(14(20)18)15(21)4-5-15)23-11-3-2-10(17)13(19-11)16(22)6-7-16/h2-3,8,21-22H,4-7,17-18H2,1H3. The van der Waals surface area contributed by atoms with Crippen LogP contribution in [0.2, 0.25) is 0 Å². The van der Waals surface area contributed by atoms with Crippen molar-refractivity contribution in [1.29, 1.82) is 0 Å². The van der Waals surface area contributed by atoms with E-state index in [-0.39, 0.29) is 0 Å². The molecule has 2 aliphatic rings. The second-order valence-electron chi connectivity index (χ2n) is 6.59. The summed E-state index contributed by atoms with van der Waals surface area (Å²) in [6.07, 6.45) is 2.72. The number of rotatable bonds is 4. The summed E-state index contributed by atoms with van der Waals surface area (Å²) in [5.41, 5.74) is 11.8. The van der Waals surface area contributed by atoms with Crippen molar-refractivity contribution in [3.8, 4) is 11.8 Å². The summed E-state index contributed by atoms with van der Waals surface area (Å²) in [5, 5.41) is 20.5. The number of ether oxygens (including phenoxy) is 1. The van der Waals surface area contributed by atoms with Crippen LogP contribution in [0.15, 0.2) is 18.2 Å². The Morgan fingerprint density at radius 2 is 1.78 bits per heavy atom. The lowest BCUT2D eigenvalue weighted by Gasteiger charge is -2.13. The largest absolute Gasteiger partial charge is 0.422 e. The van der Waals surface area contributed by atoms with Crippen LogP contribution in [0.4, 0.5) is 11.5 Å². The molecule has 122 valence electrons. The van der Waals surface area contributed by atoms with Crippen molar-refractivity contribution in [3.63, 3.8) is 0 Å². The highest BCUT2D eigenvalue weighted by Gasteiger charge is 2.46. The third-order valence-electron chi connectivity index (χ3n) is 4.74. The zero-order valence-corrected chi connectivity index (χ0v) is 12.9. The maximum Gasteiger partial charge on any atom is 0.221 e. The van der Waals surface area contributed by atoms with E-state index in [1.807, 2.05) is 0 Å². The molecule has 2 aliphatic carbocycles. The Balaban J connectivity index is 1.66. The van der Waals surface area contributed by atoms with Crippen LogP contribution in [0, 0.1) is 0 Å². The zero-order valence-electron chi connectivity index (χ0n) is 12.9. The number of nitrogens with zero attached hydrogens (tertiary/aromatic N) is 2. The SMILES string of the molecule is Cn1c(Oc2ccc(N)c(C3(O)CC3)n2)cc(C2(O)CC2)c1N. The second-order valence-corrected chi connectivity index (χ2v) is 6.59. The van der Waals surface area contributed by atoms with Crippen LogP contribution in [0.25, 0.3) is 0 Å². The highest BCUT2D eigenvalue weighted by Crippen LogP contribution is 2.50. The van der Waals surface area contributed by atoms with E-state index in [1.54, 1.807) is 29.8 Å². The summed E-state index contributed by atoms with van der Waals surface area (Å²) in [6.45, 7) is 0. The number of hydrogen-bond acceptors (Lipinski definition) is 6. The Labute approximate surface area is 133 Å². The van der Waals surface area contributed by atoms with Crippen molar-refractivity contribution in [2.24, 2.45) is 7.05 Å². The molecule has 0 saturated heterocycles. The van der Waals surface area contributed by atoms with Gasteiger partial charge in [0.25, 0.3) is 0 Å². The fourth-order valence-corrected chi connectivity index (χ4v) is 2.80. The predicted octanol–water partition coefficient (Wildman–Crippen LogP) is 1.34. The molecule has 0 atom stereocenters. The fraction of sp³-hybridized carbons (Fsp3) is 0.438. The average molecular weight is 316 g/mol. The topological polar surface area (TPSA) is 120 Å². The molecule has 7 heteroatoms. The van der Waals surface area contributed by atoms with E-state index in [0.29, 0.717) is 60.2 Å². The van der Waals surface area contributed by atoms with E-state index < -0.39 is 11.2 Å². The molecular formula is C16H20N4O3. The normalized spacial score (nSPS) is 20.3. The molecule has 0 unspecified atom stereocenters. The molecule has 2 saturated carbocycles. The molecule has 7 nitrogen and oxygen atoms in total. The zero-order chi connectivity index (χ0) is 16.4. The monoisotopic (exact) mass is 316 g/mol. The first-order chi connectivity index (χ1) is 10.8. The highest BCUT2D eigenvalue weighted by molar-refractivity contribution is 5.54. The van der Waals surface area contributed by atoms with Gasteiger partial charge in [0.2, 0.25) is 11.8 Å². The predicted molar refractivity (Wildman–Crippen MR) is 84.8 cm³/mol. The van der Waals surface area contributed by atoms with Crippen molar-refractivity contribution in [2.75, 3.05) is 11.5 Å². The summed E-state index contributed by atoms with van der Waals surface area (Å²) in [5.74, 6) is 1.31. The van der Waals surface area contributed by atoms with Crippen molar-refractivity contribution >= 4 is 11.5 Å². The first kappa shape index (κ1) is 14.3. The molecule has 0 aromatic carbocycles. The molecule has 0 bridgehead atoms. The van der Waals surface area contributed by atoms with Crippen LogP contribution >= 0.6 is 0 Å². The Kier molecular flexibility index (Phi) is 2.74. The molecule has 23 heavy (non-hydrogen) atoms. The van der Waals surface area contributed by atoms with Crippen molar-refractivity contribution in [1.82, 2.24) is 9.55 Å². The van der Waals surface area contributed by atoms with E-state index in [4.69, 9.17) is 16.2 Å². The number of aliphatic hydroxyl groups is 2. The molecular weight excluding hydrogens is 296 g/mol. The minimum Gasteiger partial charge on any atom is -0.422 e. The minimum absolute atomic E-state index is 0.337. The van der Waals surface area contributed by atoms with Crippen LogP contribution in [-0.4, -0.2) is 19.8 Å². The van der Waals surface area contributed by atoms with Gasteiger partial charge in [-0.25, -0.2) is 4.98 Å². The van der Waals surface area contributed by atoms with E-state index in [9.17, 15) is 10.2 Å². The van der Waals surface area contributed by atoms with E-state index in [1.165, 1.54) is 0 Å². The van der Waals surface area contributed by atoms with Gasteiger partial charge in [0.05, 0.1) is 17.0 Å². The number of aromatic nitrogens is 2. The summed E-state index contributed by atoms with van der Waals surface area (Å²) in [7, 11) is 1.77. The van der Waals surface area contributed by atoms with Gasteiger partial charge in [0.1, 0.15) is 11.4 Å². The first-order valence-corrected chi connectivity index (χ1v) is 7.68. The van der Waals surface area contributed by atoms with Crippen molar-refractivity contribution in [2.45, 2.75) is 36.9 Å². The molecule has 4 rings (SSSR count). The molecule has 0 radical (unpaired) electrons. The van der Waals surface area contributed by atoms with Gasteiger partial charge in [0.15, 0.2) is 0 Å². The van der Waals surface area contributed by atoms with Gasteiger partial charge >= 0.3 is 0 Å². The smallest absolute Gasteiger partial charge is 0.221 e. The van der Waals surface area contributed by atoms with Gasteiger partial charge in [-0.1, -0.05) is 0 Å². The van der Waals surface area contributed by atoms with Crippen LogP contribution < -0.4 is 16.2 Å². The fourth-order valence-electron chi connectivity index (χ4n) is 2.80. The second kappa shape index (κ2) is 4.39. The Hall–Kier alpha value is -2.25. The van der Waals surface area contributed by atoms with Crippen LogP contribution in [-0.2, 0) is 18.2 Å². The number of anilines is 2. The molecule has 0 aliphatic heterocycles. The van der Waals surface area contributed by atoms with Gasteiger partial charge in [-0.2, -0.15) is 0 Å². The Morgan fingerprint density at radius 3 is 2.39 bits per heavy atom.